The minimum atomic E-state index is 0.799. The monoisotopic (exact) mass is 198 g/mol. The molecule has 0 atom stereocenters. The average molecular weight is 198 g/mol. The van der Waals surface area contributed by atoms with E-state index in [1.54, 1.807) is 6.33 Å². The molecule has 2 nitrogen and oxygen atoms in total. The predicted molar refractivity (Wildman–Crippen MR) is 61.0 cm³/mol. The Morgan fingerprint density at radius 1 is 1.20 bits per heavy atom. The number of hydrogen-bond donors (Lipinski definition) is 0. The van der Waals surface area contributed by atoms with Crippen molar-refractivity contribution in [3.63, 3.8) is 0 Å². The molecule has 0 unspecified atom stereocenters. The highest BCUT2D eigenvalue weighted by atomic mass is 14.8. The zero-order chi connectivity index (χ0) is 10.4. The zero-order valence-electron chi connectivity index (χ0n) is 9.12. The molecule has 15 heavy (non-hydrogen) atoms. The molecule has 0 aliphatic heterocycles. The van der Waals surface area contributed by atoms with Crippen molar-refractivity contribution in [3.8, 4) is 0 Å². The fourth-order valence-corrected chi connectivity index (χ4v) is 2.25. The van der Waals surface area contributed by atoms with Crippen molar-refractivity contribution in [2.45, 2.75) is 32.6 Å². The molecule has 2 heteroatoms. The number of rotatable bonds is 1. The quantitative estimate of drug-likeness (QED) is 0.703. The summed E-state index contributed by atoms with van der Waals surface area (Å²) in [5, 5.41) is 1.18. The predicted octanol–water partition coefficient (Wildman–Crippen LogP) is 3.12. The molecule has 2 aromatic rings. The molecule has 0 radical (unpaired) electrons. The molecule has 1 aliphatic rings. The molecular weight excluding hydrogens is 184 g/mol. The van der Waals surface area contributed by atoms with Crippen LogP contribution in [-0.4, -0.2) is 9.97 Å². The lowest BCUT2D eigenvalue weighted by atomic mass is 9.97. The van der Waals surface area contributed by atoms with Crippen LogP contribution in [0.25, 0.3) is 10.9 Å². The van der Waals surface area contributed by atoms with Crippen molar-refractivity contribution in [1.29, 1.82) is 0 Å². The first kappa shape index (κ1) is 8.84. The van der Waals surface area contributed by atoms with E-state index in [1.165, 1.54) is 34.9 Å². The third kappa shape index (κ3) is 1.32. The zero-order valence-corrected chi connectivity index (χ0v) is 9.12. The second-order valence-electron chi connectivity index (χ2n) is 4.45. The molecule has 3 rings (SSSR count). The number of hydrogen-bond acceptors (Lipinski definition) is 2. The van der Waals surface area contributed by atoms with Gasteiger partial charge in [-0.2, -0.15) is 0 Å². The molecule has 0 bridgehead atoms. The molecule has 0 spiro atoms. The molecular formula is C13H14N2. The highest BCUT2D eigenvalue weighted by molar-refractivity contribution is 5.83. The van der Waals surface area contributed by atoms with Gasteiger partial charge >= 0.3 is 0 Å². The van der Waals surface area contributed by atoms with Crippen molar-refractivity contribution in [3.05, 3.63) is 35.3 Å². The Bertz CT molecular complexity index is 527. The summed E-state index contributed by atoms with van der Waals surface area (Å²) in [6.07, 6.45) is 6.24. The Labute approximate surface area is 89.4 Å². The molecule has 0 N–H and O–H groups in total. The number of fused-ring (bicyclic) bond motifs is 1. The minimum absolute atomic E-state index is 0.799. The number of aromatic nitrogens is 2. The van der Waals surface area contributed by atoms with Gasteiger partial charge in [-0.25, -0.2) is 9.97 Å². The number of aryl methyl sites for hydroxylation is 1. The van der Waals surface area contributed by atoms with Crippen LogP contribution < -0.4 is 0 Å². The van der Waals surface area contributed by atoms with Gasteiger partial charge < -0.3 is 0 Å². The Hall–Kier alpha value is -1.44. The molecule has 1 fully saturated rings. The van der Waals surface area contributed by atoms with Gasteiger partial charge in [0, 0.05) is 11.6 Å². The summed E-state index contributed by atoms with van der Waals surface area (Å²) in [4.78, 5) is 8.44. The van der Waals surface area contributed by atoms with Crippen LogP contribution in [0.4, 0.5) is 0 Å². The van der Waals surface area contributed by atoms with Crippen LogP contribution in [-0.2, 0) is 0 Å². The lowest BCUT2D eigenvalue weighted by Gasteiger charge is -2.10. The molecule has 76 valence electrons. The van der Waals surface area contributed by atoms with E-state index in [2.05, 4.69) is 29.9 Å². The maximum Gasteiger partial charge on any atom is 0.116 e. The highest BCUT2D eigenvalue weighted by Crippen LogP contribution is 2.43. The number of nitrogens with zero attached hydrogens (tertiary/aromatic N) is 2. The fraction of sp³-hybridized carbons (Fsp3) is 0.385. The van der Waals surface area contributed by atoms with Crippen molar-refractivity contribution in [2.24, 2.45) is 0 Å². The van der Waals surface area contributed by atoms with Crippen molar-refractivity contribution in [1.82, 2.24) is 9.97 Å². The summed E-state index contributed by atoms with van der Waals surface area (Å²) < 4.78 is 0. The van der Waals surface area contributed by atoms with Gasteiger partial charge in [0.15, 0.2) is 0 Å². The maximum absolute atomic E-state index is 4.35. The summed E-state index contributed by atoms with van der Waals surface area (Å²) in [5.74, 6) is 0.799. The summed E-state index contributed by atoms with van der Waals surface area (Å²) in [7, 11) is 0. The Morgan fingerprint density at radius 2 is 2.00 bits per heavy atom. The summed E-state index contributed by atoms with van der Waals surface area (Å²) in [6.45, 7) is 4.38. The van der Waals surface area contributed by atoms with Crippen LogP contribution in [0.1, 0.15) is 35.4 Å². The molecule has 1 heterocycles. The van der Waals surface area contributed by atoms with E-state index < -0.39 is 0 Å². The van der Waals surface area contributed by atoms with Crippen molar-refractivity contribution in [2.75, 3.05) is 0 Å². The Balaban J connectivity index is 2.34. The van der Waals surface area contributed by atoms with Crippen LogP contribution in [0.15, 0.2) is 18.6 Å². The van der Waals surface area contributed by atoms with Gasteiger partial charge in [0.25, 0.3) is 0 Å². The molecule has 1 aromatic heterocycles. The van der Waals surface area contributed by atoms with Crippen LogP contribution in [0, 0.1) is 13.8 Å². The van der Waals surface area contributed by atoms with Crippen LogP contribution in [0.5, 0.6) is 0 Å². The van der Waals surface area contributed by atoms with Gasteiger partial charge in [-0.3, -0.25) is 0 Å². The lowest BCUT2D eigenvalue weighted by molar-refractivity contribution is 1.08. The van der Waals surface area contributed by atoms with E-state index >= 15 is 0 Å². The van der Waals surface area contributed by atoms with E-state index in [0.717, 1.165) is 11.4 Å². The van der Waals surface area contributed by atoms with Crippen molar-refractivity contribution >= 4 is 10.9 Å². The van der Waals surface area contributed by atoms with Crippen LogP contribution >= 0.6 is 0 Å². The third-order valence-corrected chi connectivity index (χ3v) is 3.42. The van der Waals surface area contributed by atoms with E-state index in [4.69, 9.17) is 0 Å². The van der Waals surface area contributed by atoms with Gasteiger partial charge in [0.2, 0.25) is 0 Å². The molecule has 0 saturated heterocycles. The summed E-state index contributed by atoms with van der Waals surface area (Å²) >= 11 is 0. The lowest BCUT2D eigenvalue weighted by Crippen LogP contribution is -1.94. The highest BCUT2D eigenvalue weighted by Gasteiger charge is 2.26. The van der Waals surface area contributed by atoms with Crippen molar-refractivity contribution < 1.29 is 0 Å². The average Bonchev–Trinajstić information content (AvgIpc) is 3.07. The van der Waals surface area contributed by atoms with Crippen LogP contribution in [0.2, 0.25) is 0 Å². The van der Waals surface area contributed by atoms with Gasteiger partial charge in [0.05, 0.1) is 5.52 Å². The first-order valence-corrected chi connectivity index (χ1v) is 5.47. The van der Waals surface area contributed by atoms with E-state index in [9.17, 15) is 0 Å². The van der Waals surface area contributed by atoms with Crippen LogP contribution in [0.3, 0.4) is 0 Å². The van der Waals surface area contributed by atoms with Gasteiger partial charge in [-0.15, -0.1) is 0 Å². The van der Waals surface area contributed by atoms with E-state index in [0.29, 0.717) is 0 Å². The topological polar surface area (TPSA) is 25.8 Å². The first-order valence-electron chi connectivity index (χ1n) is 5.47. The molecule has 1 saturated carbocycles. The van der Waals surface area contributed by atoms with E-state index in [-0.39, 0.29) is 0 Å². The largest absolute Gasteiger partial charge is 0.244 e. The normalized spacial score (nSPS) is 15.9. The third-order valence-electron chi connectivity index (χ3n) is 3.42. The van der Waals surface area contributed by atoms with Gasteiger partial charge in [-0.1, -0.05) is 0 Å². The SMILES string of the molecule is Cc1c(C2CC2)cc2cncnc2c1C. The fourth-order valence-electron chi connectivity index (χ4n) is 2.25. The minimum Gasteiger partial charge on any atom is -0.244 e. The van der Waals surface area contributed by atoms with Gasteiger partial charge in [0.1, 0.15) is 6.33 Å². The molecule has 1 aromatic carbocycles. The molecule has 0 amide bonds. The molecule has 1 aliphatic carbocycles. The summed E-state index contributed by atoms with van der Waals surface area (Å²) in [5.41, 5.74) is 5.35. The smallest absolute Gasteiger partial charge is 0.116 e. The summed E-state index contributed by atoms with van der Waals surface area (Å²) in [6, 6.07) is 2.27. The number of benzene rings is 1. The maximum atomic E-state index is 4.35. The first-order chi connectivity index (χ1) is 7.27. The standard InChI is InChI=1S/C13H14N2/c1-8-9(2)13-11(6-14-7-15-13)5-12(8)10-3-4-10/h5-7,10H,3-4H2,1-2H3. The second-order valence-corrected chi connectivity index (χ2v) is 4.45. The Morgan fingerprint density at radius 3 is 2.73 bits per heavy atom. The van der Waals surface area contributed by atoms with E-state index in [1.807, 2.05) is 6.20 Å². The second kappa shape index (κ2) is 3.02. The Kier molecular flexibility index (Phi) is 1.78. The van der Waals surface area contributed by atoms with Gasteiger partial charge in [-0.05, 0) is 55.4 Å².